The van der Waals surface area contributed by atoms with E-state index in [0.717, 1.165) is 5.56 Å². The summed E-state index contributed by atoms with van der Waals surface area (Å²) in [6.45, 7) is 1.93. The highest BCUT2D eigenvalue weighted by Gasteiger charge is 2.10. The number of benzene rings is 1. The first-order valence-corrected chi connectivity index (χ1v) is 6.15. The third-order valence-corrected chi connectivity index (χ3v) is 3.07. The quantitative estimate of drug-likeness (QED) is 0.893. The lowest BCUT2D eigenvalue weighted by Crippen LogP contribution is -2.01. The van der Waals surface area contributed by atoms with Crippen molar-refractivity contribution in [1.29, 1.82) is 0 Å². The Morgan fingerprint density at radius 2 is 2.00 bits per heavy atom. The van der Waals surface area contributed by atoms with Crippen molar-refractivity contribution in [2.75, 3.05) is 5.32 Å². The van der Waals surface area contributed by atoms with E-state index in [-0.39, 0.29) is 10.6 Å². The molecule has 1 aromatic heterocycles. The van der Waals surface area contributed by atoms with Crippen LogP contribution < -0.4 is 5.32 Å². The van der Waals surface area contributed by atoms with Crippen molar-refractivity contribution in [3.63, 3.8) is 0 Å². The molecule has 2 N–H and O–H groups in total. The van der Waals surface area contributed by atoms with Crippen LogP contribution in [0.15, 0.2) is 30.5 Å². The van der Waals surface area contributed by atoms with Crippen LogP contribution in [0, 0.1) is 6.92 Å². The van der Waals surface area contributed by atoms with Crippen LogP contribution in [0.4, 0.5) is 11.5 Å². The predicted octanol–water partition coefficient (Wildman–Crippen LogP) is 4.14. The van der Waals surface area contributed by atoms with Crippen molar-refractivity contribution in [2.45, 2.75) is 6.92 Å². The second-order valence-corrected chi connectivity index (χ2v) is 4.78. The van der Waals surface area contributed by atoms with E-state index in [4.69, 9.17) is 28.3 Å². The van der Waals surface area contributed by atoms with Gasteiger partial charge in [-0.05, 0) is 30.7 Å². The first-order chi connectivity index (χ1) is 8.97. The van der Waals surface area contributed by atoms with Gasteiger partial charge >= 0.3 is 5.97 Å². The maximum Gasteiger partial charge on any atom is 0.337 e. The average molecular weight is 297 g/mol. The highest BCUT2D eigenvalue weighted by Crippen LogP contribution is 2.29. The monoisotopic (exact) mass is 296 g/mol. The number of aromatic nitrogens is 1. The Morgan fingerprint density at radius 1 is 1.26 bits per heavy atom. The molecule has 0 fully saturated rings. The minimum atomic E-state index is -1.07. The summed E-state index contributed by atoms with van der Waals surface area (Å²) in [5, 5.41) is 12.6. The highest BCUT2D eigenvalue weighted by molar-refractivity contribution is 6.34. The second kappa shape index (κ2) is 5.47. The first-order valence-electron chi connectivity index (χ1n) is 5.39. The van der Waals surface area contributed by atoms with Gasteiger partial charge in [0, 0.05) is 6.20 Å². The van der Waals surface area contributed by atoms with Crippen molar-refractivity contribution in [2.24, 2.45) is 0 Å². The van der Waals surface area contributed by atoms with Crippen molar-refractivity contribution in [3.8, 4) is 0 Å². The van der Waals surface area contributed by atoms with E-state index in [9.17, 15) is 4.79 Å². The minimum absolute atomic E-state index is 0.0329. The van der Waals surface area contributed by atoms with E-state index >= 15 is 0 Å². The SMILES string of the molecule is Cc1ccc(Nc2ncc(C(=O)O)cc2Cl)c(Cl)c1. The molecule has 4 nitrogen and oxygen atoms in total. The molecule has 0 radical (unpaired) electrons. The molecule has 0 unspecified atom stereocenters. The molecule has 2 aromatic rings. The van der Waals surface area contributed by atoms with Gasteiger partial charge in [-0.2, -0.15) is 0 Å². The molecule has 0 atom stereocenters. The van der Waals surface area contributed by atoms with Gasteiger partial charge in [0.15, 0.2) is 0 Å². The molecule has 98 valence electrons. The van der Waals surface area contributed by atoms with Crippen LogP contribution in [-0.2, 0) is 0 Å². The van der Waals surface area contributed by atoms with Gasteiger partial charge in [-0.1, -0.05) is 29.3 Å². The lowest BCUT2D eigenvalue weighted by Gasteiger charge is -2.10. The fraction of sp³-hybridized carbons (Fsp3) is 0.0769. The predicted molar refractivity (Wildman–Crippen MR) is 75.7 cm³/mol. The molecule has 0 amide bonds. The molecule has 0 aliphatic carbocycles. The fourth-order valence-electron chi connectivity index (χ4n) is 1.50. The van der Waals surface area contributed by atoms with E-state index in [1.54, 1.807) is 6.07 Å². The van der Waals surface area contributed by atoms with Crippen LogP contribution in [0.25, 0.3) is 0 Å². The van der Waals surface area contributed by atoms with E-state index in [1.165, 1.54) is 12.3 Å². The summed E-state index contributed by atoms with van der Waals surface area (Å²) in [6, 6.07) is 6.85. The number of rotatable bonds is 3. The number of hydrogen-bond donors (Lipinski definition) is 2. The van der Waals surface area contributed by atoms with Crippen LogP contribution in [0.2, 0.25) is 10.0 Å². The number of halogens is 2. The number of carboxylic acids is 1. The van der Waals surface area contributed by atoms with Gasteiger partial charge in [-0.3, -0.25) is 0 Å². The summed E-state index contributed by atoms with van der Waals surface area (Å²) in [6.07, 6.45) is 1.23. The number of aryl methyl sites for hydroxylation is 1. The summed E-state index contributed by atoms with van der Waals surface area (Å²) >= 11 is 12.1. The fourth-order valence-corrected chi connectivity index (χ4v) is 1.99. The normalized spacial score (nSPS) is 10.3. The van der Waals surface area contributed by atoms with Crippen molar-refractivity contribution >= 4 is 40.7 Å². The molecule has 6 heteroatoms. The lowest BCUT2D eigenvalue weighted by molar-refractivity contribution is 0.0696. The largest absolute Gasteiger partial charge is 0.478 e. The molecular formula is C13H10Cl2N2O2. The maximum absolute atomic E-state index is 10.8. The molecule has 1 heterocycles. The zero-order chi connectivity index (χ0) is 14.0. The van der Waals surface area contributed by atoms with E-state index in [0.29, 0.717) is 16.5 Å². The van der Waals surface area contributed by atoms with Gasteiger partial charge in [-0.25, -0.2) is 9.78 Å². The van der Waals surface area contributed by atoms with Gasteiger partial charge in [0.1, 0.15) is 5.82 Å². The summed E-state index contributed by atoms with van der Waals surface area (Å²) < 4.78 is 0. The summed E-state index contributed by atoms with van der Waals surface area (Å²) in [7, 11) is 0. The van der Waals surface area contributed by atoms with Gasteiger partial charge in [0.05, 0.1) is 21.3 Å². The first kappa shape index (κ1) is 13.6. The number of pyridine rings is 1. The Bertz CT molecular complexity index is 645. The molecular weight excluding hydrogens is 287 g/mol. The molecule has 0 aliphatic heterocycles. The van der Waals surface area contributed by atoms with Crippen LogP contribution in [0.5, 0.6) is 0 Å². The molecule has 2 rings (SSSR count). The maximum atomic E-state index is 10.8. The summed E-state index contributed by atoms with van der Waals surface area (Å²) in [4.78, 5) is 14.7. The number of carboxylic acid groups (broad SMARTS) is 1. The summed E-state index contributed by atoms with van der Waals surface area (Å²) in [5.41, 5.74) is 1.73. The molecule has 1 aromatic carbocycles. The molecule has 0 saturated carbocycles. The van der Waals surface area contributed by atoms with Crippen LogP contribution in [0.1, 0.15) is 15.9 Å². The van der Waals surface area contributed by atoms with Crippen LogP contribution in [-0.4, -0.2) is 16.1 Å². The van der Waals surface area contributed by atoms with Gasteiger partial charge in [0.25, 0.3) is 0 Å². The van der Waals surface area contributed by atoms with Crippen molar-refractivity contribution in [3.05, 3.63) is 51.6 Å². The Hall–Kier alpha value is -1.78. The zero-order valence-corrected chi connectivity index (χ0v) is 11.5. The van der Waals surface area contributed by atoms with Crippen LogP contribution in [0.3, 0.4) is 0 Å². The second-order valence-electron chi connectivity index (χ2n) is 3.97. The van der Waals surface area contributed by atoms with E-state index < -0.39 is 5.97 Å². The van der Waals surface area contributed by atoms with Crippen LogP contribution >= 0.6 is 23.2 Å². The number of hydrogen-bond acceptors (Lipinski definition) is 3. The molecule has 0 spiro atoms. The third kappa shape index (κ3) is 3.16. The Morgan fingerprint density at radius 3 is 2.58 bits per heavy atom. The Kier molecular flexibility index (Phi) is 3.93. The standard InChI is InChI=1S/C13H10Cl2N2O2/c1-7-2-3-11(9(14)4-7)17-12-10(15)5-8(6-16-12)13(18)19/h2-6H,1H3,(H,16,17)(H,18,19). The number of nitrogens with zero attached hydrogens (tertiary/aromatic N) is 1. The van der Waals surface area contributed by atoms with Crippen molar-refractivity contribution in [1.82, 2.24) is 4.98 Å². The summed E-state index contributed by atoms with van der Waals surface area (Å²) in [5.74, 6) is -0.716. The lowest BCUT2D eigenvalue weighted by atomic mass is 10.2. The molecule has 0 saturated heterocycles. The smallest absolute Gasteiger partial charge is 0.337 e. The number of anilines is 2. The number of aromatic carboxylic acids is 1. The number of carbonyl (C=O) groups is 1. The van der Waals surface area contributed by atoms with E-state index in [1.807, 2.05) is 19.1 Å². The highest BCUT2D eigenvalue weighted by atomic mass is 35.5. The number of nitrogens with one attached hydrogen (secondary N) is 1. The van der Waals surface area contributed by atoms with Crippen molar-refractivity contribution < 1.29 is 9.90 Å². The average Bonchev–Trinajstić information content (AvgIpc) is 2.34. The minimum Gasteiger partial charge on any atom is -0.478 e. The van der Waals surface area contributed by atoms with Gasteiger partial charge < -0.3 is 10.4 Å². The van der Waals surface area contributed by atoms with E-state index in [2.05, 4.69) is 10.3 Å². The Balaban J connectivity index is 2.31. The van der Waals surface area contributed by atoms with Gasteiger partial charge in [-0.15, -0.1) is 0 Å². The van der Waals surface area contributed by atoms with Gasteiger partial charge in [0.2, 0.25) is 0 Å². The molecule has 0 bridgehead atoms. The zero-order valence-electron chi connectivity index (χ0n) is 9.95. The Labute approximate surface area is 120 Å². The molecule has 0 aliphatic rings. The third-order valence-electron chi connectivity index (χ3n) is 2.47. The molecule has 19 heavy (non-hydrogen) atoms. The topological polar surface area (TPSA) is 62.2 Å².